The van der Waals surface area contributed by atoms with Crippen LogP contribution < -0.4 is 0 Å². The third-order valence-electron chi connectivity index (χ3n) is 11.3. The van der Waals surface area contributed by atoms with Crippen LogP contribution in [0, 0.1) is 11.8 Å². The molecule has 0 spiro atoms. The van der Waals surface area contributed by atoms with E-state index in [0.29, 0.717) is 19.8 Å². The molecular weight excluding hydrogens is 711 g/mol. The summed E-state index contributed by atoms with van der Waals surface area (Å²) in [5.41, 5.74) is 0. The Morgan fingerprint density at radius 3 is 1.37 bits per heavy atom. The van der Waals surface area contributed by atoms with Crippen molar-refractivity contribution in [2.24, 2.45) is 11.8 Å². The smallest absolute Gasteiger partial charge is 0.312 e. The monoisotopic (exact) mass is 806 g/mol. The molecule has 0 saturated carbocycles. The molecule has 0 amide bonds. The van der Waals surface area contributed by atoms with E-state index in [4.69, 9.17) is 14.2 Å². The van der Waals surface area contributed by atoms with Gasteiger partial charge in [0.2, 0.25) is 0 Å². The Morgan fingerprint density at radius 2 is 0.825 bits per heavy atom. The van der Waals surface area contributed by atoms with E-state index in [0.717, 1.165) is 129 Å². The summed E-state index contributed by atoms with van der Waals surface area (Å²) in [7, 11) is 0. The maximum atomic E-state index is 13.0. The van der Waals surface area contributed by atoms with Crippen molar-refractivity contribution in [1.29, 1.82) is 0 Å². The van der Waals surface area contributed by atoms with Crippen molar-refractivity contribution < 1.29 is 28.6 Å². The first-order valence-corrected chi connectivity index (χ1v) is 24.7. The predicted molar refractivity (Wildman–Crippen MR) is 242 cm³/mol. The minimum atomic E-state index is -0.208. The van der Waals surface area contributed by atoms with Gasteiger partial charge in [0.15, 0.2) is 0 Å². The van der Waals surface area contributed by atoms with Crippen LogP contribution in [0.15, 0.2) is 12.2 Å². The molecule has 0 heterocycles. The molecule has 0 rings (SSSR count). The number of nitrogens with zero attached hydrogens (tertiary/aromatic N) is 1. The van der Waals surface area contributed by atoms with E-state index in [1.165, 1.54) is 103 Å². The summed E-state index contributed by atoms with van der Waals surface area (Å²) in [4.78, 5) is 39.7. The minimum Gasteiger partial charge on any atom is -0.466 e. The zero-order valence-electron chi connectivity index (χ0n) is 38.6. The second kappa shape index (κ2) is 43.7. The molecule has 2 unspecified atom stereocenters. The molecule has 7 heteroatoms. The van der Waals surface area contributed by atoms with Gasteiger partial charge in [0.1, 0.15) is 0 Å². The van der Waals surface area contributed by atoms with Gasteiger partial charge in [-0.1, -0.05) is 175 Å². The maximum Gasteiger partial charge on any atom is 0.312 e. The van der Waals surface area contributed by atoms with E-state index in [2.05, 4.69) is 44.7 Å². The summed E-state index contributed by atoms with van der Waals surface area (Å²) in [6.45, 7) is 15.1. The van der Waals surface area contributed by atoms with Crippen LogP contribution in [-0.2, 0) is 28.6 Å². The van der Waals surface area contributed by atoms with Gasteiger partial charge in [0.25, 0.3) is 0 Å². The molecular formula is C50H95NO6. The zero-order valence-corrected chi connectivity index (χ0v) is 38.6. The highest BCUT2D eigenvalue weighted by molar-refractivity contribution is 5.74. The number of rotatable bonds is 44. The number of unbranched alkanes of at least 4 members (excludes halogenated alkanes) is 22. The molecule has 0 N–H and O–H groups in total. The van der Waals surface area contributed by atoms with E-state index >= 15 is 0 Å². The third kappa shape index (κ3) is 38.1. The van der Waals surface area contributed by atoms with Gasteiger partial charge in [0.05, 0.1) is 31.7 Å². The highest BCUT2D eigenvalue weighted by Gasteiger charge is 2.19. The van der Waals surface area contributed by atoms with Crippen LogP contribution in [0.25, 0.3) is 0 Å². The quantitative estimate of drug-likeness (QED) is 0.0262. The predicted octanol–water partition coefficient (Wildman–Crippen LogP) is 14.3. The molecule has 0 aliphatic rings. The molecule has 0 aromatic heterocycles. The van der Waals surface area contributed by atoms with E-state index < -0.39 is 0 Å². The normalized spacial score (nSPS) is 12.7. The Labute approximate surface area is 354 Å². The fourth-order valence-electron chi connectivity index (χ4n) is 7.54. The van der Waals surface area contributed by atoms with Crippen LogP contribution in [-0.4, -0.2) is 62.3 Å². The average Bonchev–Trinajstić information content (AvgIpc) is 3.20. The summed E-state index contributed by atoms with van der Waals surface area (Å²) in [5, 5.41) is 0. The summed E-state index contributed by atoms with van der Waals surface area (Å²) < 4.78 is 16.8. The first-order valence-electron chi connectivity index (χ1n) is 24.7. The van der Waals surface area contributed by atoms with E-state index in [1.807, 2.05) is 0 Å². The minimum absolute atomic E-state index is 0.0418. The Hall–Kier alpha value is -1.89. The van der Waals surface area contributed by atoms with Crippen LogP contribution in [0.1, 0.15) is 240 Å². The van der Waals surface area contributed by atoms with Gasteiger partial charge in [-0.05, 0) is 90.3 Å². The first-order chi connectivity index (χ1) is 27.9. The van der Waals surface area contributed by atoms with Crippen molar-refractivity contribution >= 4 is 17.9 Å². The second-order valence-electron chi connectivity index (χ2n) is 16.9. The van der Waals surface area contributed by atoms with Crippen LogP contribution in [0.3, 0.4) is 0 Å². The van der Waals surface area contributed by atoms with Crippen molar-refractivity contribution in [3.63, 3.8) is 0 Å². The number of allylic oxidation sites excluding steroid dienone is 1. The van der Waals surface area contributed by atoms with Gasteiger partial charge in [-0.25, -0.2) is 0 Å². The fraction of sp³-hybridized carbons (Fsp3) is 0.900. The van der Waals surface area contributed by atoms with Crippen molar-refractivity contribution in [3.05, 3.63) is 12.2 Å². The van der Waals surface area contributed by atoms with E-state index in [9.17, 15) is 14.4 Å². The average molecular weight is 806 g/mol. The molecule has 0 aliphatic carbocycles. The summed E-state index contributed by atoms with van der Waals surface area (Å²) >= 11 is 0. The van der Waals surface area contributed by atoms with Crippen LogP contribution >= 0.6 is 0 Å². The third-order valence-corrected chi connectivity index (χ3v) is 11.3. The number of esters is 3. The molecule has 0 aliphatic heterocycles. The fourth-order valence-corrected chi connectivity index (χ4v) is 7.54. The van der Waals surface area contributed by atoms with Gasteiger partial charge in [-0.2, -0.15) is 0 Å². The van der Waals surface area contributed by atoms with Crippen molar-refractivity contribution in [2.75, 3.05) is 39.5 Å². The molecule has 0 aromatic carbocycles. The van der Waals surface area contributed by atoms with E-state index in [1.54, 1.807) is 0 Å². The molecule has 0 fully saturated rings. The van der Waals surface area contributed by atoms with Gasteiger partial charge in [-0.3, -0.25) is 14.4 Å². The highest BCUT2D eigenvalue weighted by atomic mass is 16.5. The van der Waals surface area contributed by atoms with Crippen molar-refractivity contribution in [3.8, 4) is 0 Å². The van der Waals surface area contributed by atoms with Gasteiger partial charge in [0, 0.05) is 6.92 Å². The second-order valence-corrected chi connectivity index (χ2v) is 16.9. The van der Waals surface area contributed by atoms with Crippen molar-refractivity contribution in [1.82, 2.24) is 4.90 Å². The van der Waals surface area contributed by atoms with Gasteiger partial charge in [-0.15, -0.1) is 0 Å². The number of carbonyl (C=O) groups excluding carboxylic acids is 3. The lowest BCUT2D eigenvalue weighted by atomic mass is 9.94. The van der Waals surface area contributed by atoms with Gasteiger partial charge < -0.3 is 19.1 Å². The topological polar surface area (TPSA) is 82.1 Å². The molecule has 0 bridgehead atoms. The molecule has 2 atom stereocenters. The van der Waals surface area contributed by atoms with Crippen molar-refractivity contribution in [2.45, 2.75) is 240 Å². The van der Waals surface area contributed by atoms with Crippen LogP contribution in [0.5, 0.6) is 0 Å². The molecule has 57 heavy (non-hydrogen) atoms. The molecule has 7 nitrogen and oxygen atoms in total. The van der Waals surface area contributed by atoms with Gasteiger partial charge >= 0.3 is 17.9 Å². The highest BCUT2D eigenvalue weighted by Crippen LogP contribution is 2.21. The Kier molecular flexibility index (Phi) is 42.2. The number of carbonyl (C=O) groups is 3. The number of ether oxygens (including phenoxy) is 3. The first kappa shape index (κ1) is 55.1. The number of hydrogen-bond donors (Lipinski definition) is 0. The lowest BCUT2D eigenvalue weighted by Gasteiger charge is -2.22. The number of hydrogen-bond acceptors (Lipinski definition) is 7. The Morgan fingerprint density at radius 1 is 0.439 bits per heavy atom. The molecule has 0 radical (unpaired) electrons. The summed E-state index contributed by atoms with van der Waals surface area (Å²) in [6, 6.07) is 0. The summed E-state index contributed by atoms with van der Waals surface area (Å²) in [6.07, 6.45) is 40.8. The lowest BCUT2D eigenvalue weighted by Crippen LogP contribution is -2.27. The maximum absolute atomic E-state index is 13.0. The van der Waals surface area contributed by atoms with Crippen LogP contribution in [0.2, 0.25) is 0 Å². The molecule has 0 aromatic rings. The molecule has 0 saturated heterocycles. The Bertz CT molecular complexity index is 922. The Balaban J connectivity index is 4.58. The largest absolute Gasteiger partial charge is 0.466 e. The SMILES string of the molecule is CCCCCC/C=C/C(CCCCCC)C(=O)OCCCCCCN(CCCCCCOC(=O)C(CCCCCC)CCCCCCCC)CCCCOC(C)=O. The standard InChI is InChI=1S/C50H95NO6/c1-6-10-14-18-20-28-38-47(36-26-16-12-8-3)49(53)56-44-33-24-22-30-40-51(42-32-35-43-55-46(5)52)41-31-23-25-34-45-57-50(54)48(37-27-17-13-9-4)39-29-21-19-15-11-7-2/h28,38,47-48H,6-27,29-37,39-45H2,1-5H3/b38-28+. The molecule has 336 valence electrons. The zero-order chi connectivity index (χ0) is 41.9. The van der Waals surface area contributed by atoms with Crippen LogP contribution in [0.4, 0.5) is 0 Å². The lowest BCUT2D eigenvalue weighted by molar-refractivity contribution is -0.149. The van der Waals surface area contributed by atoms with E-state index in [-0.39, 0.29) is 29.7 Å². The summed E-state index contributed by atoms with van der Waals surface area (Å²) in [5.74, 6) is -0.234.